The topological polar surface area (TPSA) is 75.7 Å². The van der Waals surface area contributed by atoms with Crippen LogP contribution in [0.25, 0.3) is 0 Å². The van der Waals surface area contributed by atoms with Gasteiger partial charge in [0, 0.05) is 18.3 Å². The zero-order valence-electron chi connectivity index (χ0n) is 13.5. The average molecular weight is 364 g/mol. The first-order valence-electron chi connectivity index (χ1n) is 7.64. The molecule has 0 aliphatic carbocycles. The monoisotopic (exact) mass is 364 g/mol. The molecule has 1 N–H and O–H groups in total. The molecule has 1 atom stereocenters. The number of hydrogen-bond acceptors (Lipinski definition) is 4. The van der Waals surface area contributed by atoms with Crippen LogP contribution in [-0.2, 0) is 14.8 Å². The van der Waals surface area contributed by atoms with Crippen molar-refractivity contribution in [1.29, 1.82) is 0 Å². The fourth-order valence-corrected chi connectivity index (χ4v) is 3.95. The van der Waals surface area contributed by atoms with Gasteiger partial charge in [-0.3, -0.25) is 4.79 Å². The summed E-state index contributed by atoms with van der Waals surface area (Å²) in [7, 11) is -2.41. The molecule has 25 heavy (non-hydrogen) atoms. The highest BCUT2D eigenvalue weighted by Gasteiger charge is 2.35. The van der Waals surface area contributed by atoms with Crippen molar-refractivity contribution in [3.63, 3.8) is 0 Å². The number of methoxy groups -OCH3 is 1. The Kier molecular flexibility index (Phi) is 4.73. The Labute approximate surface area is 145 Å². The summed E-state index contributed by atoms with van der Waals surface area (Å²) in [6.45, 7) is 0.357. The Morgan fingerprint density at radius 3 is 2.60 bits per heavy atom. The maximum Gasteiger partial charge on any atom is 0.245 e. The van der Waals surface area contributed by atoms with E-state index in [1.54, 1.807) is 12.1 Å². The summed E-state index contributed by atoms with van der Waals surface area (Å²) in [6, 6.07) is 10.7. The molecule has 0 bridgehead atoms. The van der Waals surface area contributed by atoms with Gasteiger partial charge in [0.2, 0.25) is 15.9 Å². The first-order chi connectivity index (χ1) is 11.9. The molecule has 0 unspecified atom stereocenters. The molecule has 1 saturated heterocycles. The molecule has 8 heteroatoms. The summed E-state index contributed by atoms with van der Waals surface area (Å²) in [5.74, 6) is -0.350. The van der Waals surface area contributed by atoms with Crippen LogP contribution in [0.4, 0.5) is 10.1 Å². The lowest BCUT2D eigenvalue weighted by molar-refractivity contribution is -0.118. The van der Waals surface area contributed by atoms with Gasteiger partial charge < -0.3 is 9.64 Å². The highest BCUT2D eigenvalue weighted by atomic mass is 32.2. The van der Waals surface area contributed by atoms with Gasteiger partial charge in [-0.25, -0.2) is 12.8 Å². The van der Waals surface area contributed by atoms with E-state index in [9.17, 15) is 17.6 Å². The van der Waals surface area contributed by atoms with Crippen LogP contribution in [0.3, 0.4) is 0 Å². The Morgan fingerprint density at radius 2 is 1.92 bits per heavy atom. The van der Waals surface area contributed by atoms with Gasteiger partial charge in [0.1, 0.15) is 17.6 Å². The molecule has 0 spiro atoms. The Hall–Kier alpha value is -2.45. The van der Waals surface area contributed by atoms with Crippen molar-refractivity contribution < 1.29 is 22.3 Å². The fraction of sp³-hybridized carbons (Fsp3) is 0.235. The lowest BCUT2D eigenvalue weighted by Gasteiger charge is -2.17. The van der Waals surface area contributed by atoms with Crippen LogP contribution in [0, 0.1) is 5.82 Å². The quantitative estimate of drug-likeness (QED) is 0.880. The van der Waals surface area contributed by atoms with Gasteiger partial charge in [0.25, 0.3) is 0 Å². The molecular weight excluding hydrogens is 347 g/mol. The van der Waals surface area contributed by atoms with Crippen molar-refractivity contribution >= 4 is 21.6 Å². The fourth-order valence-electron chi connectivity index (χ4n) is 2.69. The van der Waals surface area contributed by atoms with Crippen LogP contribution in [0.15, 0.2) is 53.4 Å². The summed E-state index contributed by atoms with van der Waals surface area (Å²) >= 11 is 0. The SMILES string of the molecule is COc1cccc(S(=O)(=O)N[C@@H]2CCN(c3ccc(F)cc3)C2=O)c1. The van der Waals surface area contributed by atoms with Crippen LogP contribution in [0.2, 0.25) is 0 Å². The van der Waals surface area contributed by atoms with E-state index in [1.165, 1.54) is 48.4 Å². The maximum absolute atomic E-state index is 13.0. The van der Waals surface area contributed by atoms with Gasteiger partial charge in [-0.1, -0.05) is 6.07 Å². The molecule has 0 radical (unpaired) electrons. The molecule has 6 nitrogen and oxygen atoms in total. The first-order valence-corrected chi connectivity index (χ1v) is 9.12. The van der Waals surface area contributed by atoms with Gasteiger partial charge in [0.15, 0.2) is 0 Å². The second-order valence-corrected chi connectivity index (χ2v) is 7.32. The molecule has 1 aliphatic rings. The molecule has 1 fully saturated rings. The van der Waals surface area contributed by atoms with Crippen LogP contribution in [-0.4, -0.2) is 34.0 Å². The highest BCUT2D eigenvalue weighted by Crippen LogP contribution is 2.24. The number of carbonyl (C=O) groups excluding carboxylic acids is 1. The number of halogens is 1. The van der Waals surface area contributed by atoms with Crippen LogP contribution >= 0.6 is 0 Å². The Balaban J connectivity index is 1.77. The lowest BCUT2D eigenvalue weighted by Crippen LogP contribution is -2.41. The number of ether oxygens (including phenoxy) is 1. The van der Waals surface area contributed by atoms with Crippen molar-refractivity contribution in [2.75, 3.05) is 18.6 Å². The number of nitrogens with zero attached hydrogens (tertiary/aromatic N) is 1. The van der Waals surface area contributed by atoms with E-state index in [0.717, 1.165) is 0 Å². The summed E-state index contributed by atoms with van der Waals surface area (Å²) in [5, 5.41) is 0. The van der Waals surface area contributed by atoms with Crippen LogP contribution in [0.1, 0.15) is 6.42 Å². The van der Waals surface area contributed by atoms with Crippen molar-refractivity contribution in [3.05, 3.63) is 54.3 Å². The minimum atomic E-state index is -3.86. The molecule has 2 aromatic carbocycles. The third-order valence-corrected chi connectivity index (χ3v) is 5.46. The normalized spacial score (nSPS) is 17.8. The molecule has 0 saturated carbocycles. The van der Waals surface area contributed by atoms with E-state index < -0.39 is 21.9 Å². The van der Waals surface area contributed by atoms with E-state index >= 15 is 0 Å². The summed E-state index contributed by atoms with van der Waals surface area (Å²) in [4.78, 5) is 14.0. The number of benzene rings is 2. The molecule has 1 amide bonds. The molecule has 0 aromatic heterocycles. The van der Waals surface area contributed by atoms with Gasteiger partial charge in [-0.2, -0.15) is 4.72 Å². The molecule has 3 rings (SSSR count). The molecule has 132 valence electrons. The number of rotatable bonds is 5. The zero-order valence-corrected chi connectivity index (χ0v) is 14.3. The minimum Gasteiger partial charge on any atom is -0.497 e. The average Bonchev–Trinajstić information content (AvgIpc) is 2.96. The number of amides is 1. The Morgan fingerprint density at radius 1 is 1.20 bits per heavy atom. The highest BCUT2D eigenvalue weighted by molar-refractivity contribution is 7.89. The number of nitrogens with one attached hydrogen (secondary N) is 1. The molecule has 1 heterocycles. The smallest absolute Gasteiger partial charge is 0.245 e. The van der Waals surface area contributed by atoms with Gasteiger partial charge in [-0.15, -0.1) is 0 Å². The predicted molar refractivity (Wildman–Crippen MR) is 90.5 cm³/mol. The molecule has 2 aromatic rings. The largest absolute Gasteiger partial charge is 0.497 e. The predicted octanol–water partition coefficient (Wildman–Crippen LogP) is 1.92. The van der Waals surface area contributed by atoms with Gasteiger partial charge in [-0.05, 0) is 42.8 Å². The standard InChI is InChI=1S/C17H17FN2O4S/c1-24-14-3-2-4-15(11-14)25(22,23)19-16-9-10-20(17(16)21)13-7-5-12(18)6-8-13/h2-8,11,16,19H,9-10H2,1H3/t16-/m1/s1. The molecular formula is C17H17FN2O4S. The summed E-state index contributed by atoms with van der Waals surface area (Å²) in [6.07, 6.45) is 0.333. The van der Waals surface area contributed by atoms with E-state index in [0.29, 0.717) is 24.4 Å². The van der Waals surface area contributed by atoms with E-state index in [2.05, 4.69) is 4.72 Å². The van der Waals surface area contributed by atoms with Crippen molar-refractivity contribution in [2.45, 2.75) is 17.4 Å². The first kappa shape index (κ1) is 17.4. The number of sulfonamides is 1. The number of hydrogen-bond donors (Lipinski definition) is 1. The van der Waals surface area contributed by atoms with E-state index in [4.69, 9.17) is 4.74 Å². The van der Waals surface area contributed by atoms with E-state index in [1.807, 2.05) is 0 Å². The Bertz CT molecular complexity index is 884. The number of carbonyl (C=O) groups is 1. The maximum atomic E-state index is 13.0. The van der Waals surface area contributed by atoms with Crippen molar-refractivity contribution in [3.8, 4) is 5.75 Å². The summed E-state index contributed by atoms with van der Waals surface area (Å²) in [5.41, 5.74) is 0.537. The van der Waals surface area contributed by atoms with Crippen molar-refractivity contribution in [2.24, 2.45) is 0 Å². The van der Waals surface area contributed by atoms with Gasteiger partial charge in [0.05, 0.1) is 12.0 Å². The van der Waals surface area contributed by atoms with Crippen LogP contribution < -0.4 is 14.4 Å². The van der Waals surface area contributed by atoms with Crippen LogP contribution in [0.5, 0.6) is 5.75 Å². The third kappa shape index (κ3) is 3.64. The van der Waals surface area contributed by atoms with Crippen molar-refractivity contribution in [1.82, 2.24) is 4.72 Å². The molecule has 1 aliphatic heterocycles. The second kappa shape index (κ2) is 6.81. The zero-order chi connectivity index (χ0) is 18.0. The number of anilines is 1. The van der Waals surface area contributed by atoms with Gasteiger partial charge >= 0.3 is 0 Å². The lowest BCUT2D eigenvalue weighted by atomic mass is 10.3. The minimum absolute atomic E-state index is 0.0277. The second-order valence-electron chi connectivity index (χ2n) is 5.61. The van der Waals surface area contributed by atoms with E-state index in [-0.39, 0.29) is 10.8 Å². The summed E-state index contributed by atoms with van der Waals surface area (Å²) < 4.78 is 45.5. The third-order valence-electron chi connectivity index (χ3n) is 3.99.